The maximum Gasteiger partial charge on any atom is 0.152 e. The predicted octanol–water partition coefficient (Wildman–Crippen LogP) is 1.16. The Morgan fingerprint density at radius 3 is 2.77 bits per heavy atom. The normalized spacial score (nSPS) is 8.38. The van der Waals surface area contributed by atoms with Crippen molar-refractivity contribution in [3.8, 4) is 17.9 Å². The van der Waals surface area contributed by atoms with Gasteiger partial charge in [-0.15, -0.1) is 0 Å². The third kappa shape index (κ3) is 2.30. The van der Waals surface area contributed by atoms with E-state index < -0.39 is 0 Å². The minimum absolute atomic E-state index is 0.164. The van der Waals surface area contributed by atoms with E-state index in [1.807, 2.05) is 0 Å². The molecule has 0 aromatic heterocycles. The molecule has 64 valence electrons. The van der Waals surface area contributed by atoms with Crippen molar-refractivity contribution in [1.82, 2.24) is 0 Å². The summed E-state index contributed by atoms with van der Waals surface area (Å²) < 4.78 is 13.0. The molecule has 1 rings (SSSR count). The molecule has 0 saturated carbocycles. The molecule has 0 radical (unpaired) electrons. The Kier molecular flexibility index (Phi) is 3.03. The number of nitrogens with zero attached hydrogens (tertiary/aromatic N) is 1. The van der Waals surface area contributed by atoms with Crippen molar-refractivity contribution in [2.75, 3.05) is 0 Å². The van der Waals surface area contributed by atoms with Gasteiger partial charge in [-0.3, -0.25) is 0 Å². The lowest BCUT2D eigenvalue weighted by molar-refractivity contribution is 0.610. The topological polar surface area (TPSA) is 49.8 Å². The van der Waals surface area contributed by atoms with Crippen LogP contribution in [0.3, 0.4) is 0 Å². The Morgan fingerprint density at radius 2 is 2.23 bits per heavy atom. The van der Waals surface area contributed by atoms with Gasteiger partial charge in [0.05, 0.1) is 0 Å². The molecule has 0 atom stereocenters. The first-order chi connectivity index (χ1) is 6.27. The maximum absolute atomic E-state index is 13.0. The molecule has 13 heavy (non-hydrogen) atoms. The van der Waals surface area contributed by atoms with Gasteiger partial charge in [0.25, 0.3) is 0 Å². The van der Waals surface area contributed by atoms with Gasteiger partial charge >= 0.3 is 0 Å². The van der Waals surface area contributed by atoms with E-state index in [2.05, 4.69) is 11.8 Å². The van der Waals surface area contributed by atoms with Crippen molar-refractivity contribution >= 4 is 0 Å². The molecule has 0 saturated heterocycles. The van der Waals surface area contributed by atoms with Crippen molar-refractivity contribution < 1.29 is 4.39 Å². The second-order valence-corrected chi connectivity index (χ2v) is 2.37. The van der Waals surface area contributed by atoms with E-state index in [1.54, 1.807) is 18.2 Å². The zero-order chi connectivity index (χ0) is 9.68. The largest absolute Gasteiger partial charge is 0.326 e. The average Bonchev–Trinajstić information content (AvgIpc) is 2.15. The van der Waals surface area contributed by atoms with E-state index in [4.69, 9.17) is 11.0 Å². The third-order valence-electron chi connectivity index (χ3n) is 1.54. The van der Waals surface area contributed by atoms with Gasteiger partial charge in [0.1, 0.15) is 5.82 Å². The molecule has 0 amide bonds. The van der Waals surface area contributed by atoms with Gasteiger partial charge in [-0.25, -0.2) is 4.39 Å². The lowest BCUT2D eigenvalue weighted by Gasteiger charge is -1.98. The van der Waals surface area contributed by atoms with Crippen LogP contribution in [0.1, 0.15) is 11.1 Å². The van der Waals surface area contributed by atoms with Crippen LogP contribution in [0.4, 0.5) is 4.39 Å². The molecular formula is C10H7FN2. The Hall–Kier alpha value is -1.84. The zero-order valence-corrected chi connectivity index (χ0v) is 6.84. The quantitative estimate of drug-likeness (QED) is 0.649. The van der Waals surface area contributed by atoms with Crippen LogP contribution in [0.2, 0.25) is 0 Å². The summed E-state index contributed by atoms with van der Waals surface area (Å²) in [4.78, 5) is 0. The second-order valence-electron chi connectivity index (χ2n) is 2.37. The fourth-order valence-electron chi connectivity index (χ4n) is 0.891. The molecular weight excluding hydrogens is 167 g/mol. The molecule has 0 unspecified atom stereocenters. The van der Waals surface area contributed by atoms with Crippen molar-refractivity contribution in [1.29, 1.82) is 5.26 Å². The summed E-state index contributed by atoms with van der Waals surface area (Å²) in [7, 11) is 0. The number of nitrogens with two attached hydrogens (primary N) is 1. The standard InChI is InChI=1S/C10H7FN2/c11-10-6-8(2-1-5-12)3-4-9(10)7-13/h3-4,6H,7,13H2. The highest BCUT2D eigenvalue weighted by molar-refractivity contribution is 5.39. The van der Waals surface area contributed by atoms with Crippen LogP contribution >= 0.6 is 0 Å². The van der Waals surface area contributed by atoms with Crippen LogP contribution < -0.4 is 5.73 Å². The smallest absolute Gasteiger partial charge is 0.152 e. The molecule has 2 nitrogen and oxygen atoms in total. The van der Waals surface area contributed by atoms with Crippen molar-refractivity contribution in [2.45, 2.75) is 6.54 Å². The Bertz CT molecular complexity index is 407. The Balaban J connectivity index is 3.04. The number of hydrogen-bond donors (Lipinski definition) is 1. The number of benzene rings is 1. The van der Waals surface area contributed by atoms with Crippen molar-refractivity contribution in [3.05, 3.63) is 35.1 Å². The molecule has 0 bridgehead atoms. The van der Waals surface area contributed by atoms with Crippen LogP contribution in [0, 0.1) is 29.0 Å². The summed E-state index contributed by atoms with van der Waals surface area (Å²) in [5.74, 6) is 4.30. The van der Waals surface area contributed by atoms with Gasteiger partial charge in [0.2, 0.25) is 0 Å². The number of nitriles is 1. The maximum atomic E-state index is 13.0. The molecule has 0 aliphatic rings. The molecule has 0 aliphatic carbocycles. The lowest BCUT2D eigenvalue weighted by atomic mass is 10.1. The van der Waals surface area contributed by atoms with Gasteiger partial charge in [0.15, 0.2) is 6.07 Å². The van der Waals surface area contributed by atoms with Gasteiger partial charge < -0.3 is 5.73 Å². The van der Waals surface area contributed by atoms with Gasteiger partial charge in [-0.2, -0.15) is 5.26 Å². The predicted molar refractivity (Wildman–Crippen MR) is 46.8 cm³/mol. The molecule has 0 fully saturated rings. The van der Waals surface area contributed by atoms with E-state index in [9.17, 15) is 4.39 Å². The van der Waals surface area contributed by atoms with Gasteiger partial charge in [-0.1, -0.05) is 12.0 Å². The van der Waals surface area contributed by atoms with E-state index in [0.717, 1.165) is 0 Å². The number of rotatable bonds is 1. The van der Waals surface area contributed by atoms with Gasteiger partial charge in [0, 0.05) is 23.6 Å². The molecule has 2 N–H and O–H groups in total. The highest BCUT2D eigenvalue weighted by Gasteiger charge is 1.99. The Labute approximate surface area is 75.8 Å². The van der Waals surface area contributed by atoms with Crippen LogP contribution in [-0.4, -0.2) is 0 Å². The summed E-state index contributed by atoms with van der Waals surface area (Å²) >= 11 is 0. The summed E-state index contributed by atoms with van der Waals surface area (Å²) in [5.41, 5.74) is 6.20. The summed E-state index contributed by atoms with van der Waals surface area (Å²) in [6.07, 6.45) is 0. The van der Waals surface area contributed by atoms with Crippen LogP contribution in [0.15, 0.2) is 18.2 Å². The minimum atomic E-state index is -0.382. The van der Waals surface area contributed by atoms with Crippen LogP contribution in [0.5, 0.6) is 0 Å². The molecule has 0 heterocycles. The molecule has 1 aromatic rings. The molecule has 0 aliphatic heterocycles. The highest BCUT2D eigenvalue weighted by Crippen LogP contribution is 2.08. The highest BCUT2D eigenvalue weighted by atomic mass is 19.1. The monoisotopic (exact) mass is 174 g/mol. The van der Waals surface area contributed by atoms with Gasteiger partial charge in [-0.05, 0) is 12.1 Å². The molecule has 0 spiro atoms. The van der Waals surface area contributed by atoms with E-state index in [1.165, 1.54) is 6.07 Å². The van der Waals surface area contributed by atoms with E-state index >= 15 is 0 Å². The Morgan fingerprint density at radius 1 is 1.46 bits per heavy atom. The minimum Gasteiger partial charge on any atom is -0.326 e. The van der Waals surface area contributed by atoms with Crippen LogP contribution in [0.25, 0.3) is 0 Å². The fourth-order valence-corrected chi connectivity index (χ4v) is 0.891. The molecule has 3 heteroatoms. The van der Waals surface area contributed by atoms with E-state index in [0.29, 0.717) is 11.1 Å². The van der Waals surface area contributed by atoms with Crippen LogP contribution in [-0.2, 0) is 6.54 Å². The third-order valence-corrected chi connectivity index (χ3v) is 1.54. The summed E-state index contributed by atoms with van der Waals surface area (Å²) in [5, 5.41) is 8.16. The van der Waals surface area contributed by atoms with Crippen molar-refractivity contribution in [3.63, 3.8) is 0 Å². The SMILES string of the molecule is N#CC#Cc1ccc(CN)c(F)c1. The summed E-state index contributed by atoms with van der Waals surface area (Å²) in [6.45, 7) is 0.164. The zero-order valence-electron chi connectivity index (χ0n) is 6.84. The lowest BCUT2D eigenvalue weighted by Crippen LogP contribution is -1.99. The first-order valence-electron chi connectivity index (χ1n) is 3.66. The fraction of sp³-hybridized carbons (Fsp3) is 0.100. The van der Waals surface area contributed by atoms with Crippen molar-refractivity contribution in [2.24, 2.45) is 5.73 Å². The molecule has 1 aromatic carbocycles. The van der Waals surface area contributed by atoms with E-state index in [-0.39, 0.29) is 12.4 Å². The second kappa shape index (κ2) is 4.25. The first-order valence-corrected chi connectivity index (χ1v) is 3.66. The number of hydrogen-bond acceptors (Lipinski definition) is 2. The number of halogens is 1. The summed E-state index contributed by atoms with van der Waals surface area (Å²) in [6, 6.07) is 6.13. The first kappa shape index (κ1) is 9.25. The average molecular weight is 174 g/mol.